The van der Waals surface area contributed by atoms with Crippen LogP contribution in [-0.2, 0) is 36.3 Å². The summed E-state index contributed by atoms with van der Waals surface area (Å²) in [6, 6.07) is 4.02. The van der Waals surface area contributed by atoms with Gasteiger partial charge in [0, 0.05) is 37.0 Å². The molecule has 2 amide bonds. The van der Waals surface area contributed by atoms with Crippen molar-refractivity contribution in [2.45, 2.75) is 97.7 Å². The van der Waals surface area contributed by atoms with Gasteiger partial charge in [-0.15, -0.1) is 0 Å². The molecule has 0 radical (unpaired) electrons. The van der Waals surface area contributed by atoms with Crippen molar-refractivity contribution in [2.24, 2.45) is 5.92 Å². The number of hydrogen-bond acceptors (Lipinski definition) is 4. The normalized spacial score (nSPS) is 28.2. The number of fused-ring (bicyclic) bond motifs is 5. The van der Waals surface area contributed by atoms with Gasteiger partial charge in [-0.05, 0) is 80.3 Å². The second kappa shape index (κ2) is 10.6. The van der Waals surface area contributed by atoms with Gasteiger partial charge in [0.25, 0.3) is 0 Å². The molecule has 15 heteroatoms. The van der Waals surface area contributed by atoms with Crippen LogP contribution in [-0.4, -0.2) is 67.1 Å². The average molecular weight is 679 g/mol. The summed E-state index contributed by atoms with van der Waals surface area (Å²) in [6.07, 6.45) is -11.1. The van der Waals surface area contributed by atoms with Crippen molar-refractivity contribution >= 4 is 21.7 Å². The van der Waals surface area contributed by atoms with E-state index in [1.165, 1.54) is 11.8 Å². The first-order valence-corrected chi connectivity index (χ1v) is 16.4. The Morgan fingerprint density at radius 1 is 0.870 bits per heavy atom. The fourth-order valence-electron chi connectivity index (χ4n) is 8.45. The molecule has 0 aromatic heterocycles. The molecule has 250 valence electrons. The number of halogens is 8. The van der Waals surface area contributed by atoms with Crippen LogP contribution in [0.4, 0.5) is 35.1 Å². The van der Waals surface area contributed by atoms with Crippen molar-refractivity contribution in [3.05, 3.63) is 65.0 Å². The molecule has 3 saturated heterocycles. The Hall–Kier alpha value is -3.23. The first-order valence-electron chi connectivity index (χ1n) is 14.9. The van der Waals surface area contributed by atoms with E-state index in [2.05, 4.69) is 0 Å². The lowest BCUT2D eigenvalue weighted by atomic mass is 9.76. The summed E-state index contributed by atoms with van der Waals surface area (Å²) in [5, 5.41) is 0. The summed E-state index contributed by atoms with van der Waals surface area (Å²) in [5.74, 6) is -1.69. The van der Waals surface area contributed by atoms with E-state index in [0.717, 1.165) is 43.2 Å². The molecule has 6 rings (SSSR count). The molecule has 0 spiro atoms. The average Bonchev–Trinajstić information content (AvgIpc) is 3.51. The van der Waals surface area contributed by atoms with Crippen LogP contribution in [0, 0.1) is 11.7 Å². The molecule has 5 atom stereocenters. The SMILES string of the molecule is CC(=O)N1[C@@H]2CC[C@H]1CC(C(=O)N1CC[C@]3(S(=O)(=O)c4ccc(F)cc4)c4ccc(C(F)(C(F)(F)F)C(F)(F)F)cc4CC[C@H]13)C2. The number of benzene rings is 2. The molecule has 2 aromatic carbocycles. The van der Waals surface area contributed by atoms with Crippen molar-refractivity contribution in [1.29, 1.82) is 0 Å². The lowest BCUT2D eigenvalue weighted by Crippen LogP contribution is -2.55. The highest BCUT2D eigenvalue weighted by molar-refractivity contribution is 7.92. The molecule has 46 heavy (non-hydrogen) atoms. The van der Waals surface area contributed by atoms with Crippen LogP contribution in [0.5, 0.6) is 0 Å². The zero-order chi connectivity index (χ0) is 33.6. The highest BCUT2D eigenvalue weighted by atomic mass is 32.2. The second-order valence-corrected chi connectivity index (χ2v) is 14.9. The molecular weight excluding hydrogens is 648 g/mol. The third-order valence-corrected chi connectivity index (χ3v) is 12.9. The predicted octanol–water partition coefficient (Wildman–Crippen LogP) is 6.12. The van der Waals surface area contributed by atoms with Crippen LogP contribution < -0.4 is 0 Å². The number of sulfone groups is 1. The van der Waals surface area contributed by atoms with Gasteiger partial charge >= 0.3 is 18.0 Å². The van der Waals surface area contributed by atoms with Crippen LogP contribution in [0.2, 0.25) is 0 Å². The summed E-state index contributed by atoms with van der Waals surface area (Å²) in [4.78, 5) is 29.2. The summed E-state index contributed by atoms with van der Waals surface area (Å²) in [7, 11) is -4.57. The number of likely N-dealkylation sites (tertiary alicyclic amines) is 1. The molecule has 3 aliphatic heterocycles. The number of nitrogens with zero attached hydrogens (tertiary/aromatic N) is 2. The van der Waals surface area contributed by atoms with E-state index in [1.54, 1.807) is 4.90 Å². The molecule has 2 aromatic rings. The van der Waals surface area contributed by atoms with Crippen LogP contribution >= 0.6 is 0 Å². The van der Waals surface area contributed by atoms with Crippen molar-refractivity contribution in [3.63, 3.8) is 0 Å². The van der Waals surface area contributed by atoms with Crippen molar-refractivity contribution < 1.29 is 53.1 Å². The van der Waals surface area contributed by atoms with Crippen LogP contribution in [0.1, 0.15) is 62.1 Å². The highest BCUT2D eigenvalue weighted by Crippen LogP contribution is 2.57. The molecule has 3 fully saturated rings. The maximum atomic E-state index is 15.0. The van der Waals surface area contributed by atoms with Gasteiger partial charge in [-0.2, -0.15) is 26.3 Å². The van der Waals surface area contributed by atoms with Gasteiger partial charge in [0.15, 0.2) is 9.84 Å². The quantitative estimate of drug-likeness (QED) is 0.289. The van der Waals surface area contributed by atoms with E-state index in [1.807, 2.05) is 0 Å². The standard InChI is InChI=1S/C31H30F8N2O4S/c1-17(42)41-22-6-7-23(41)16-19(15-22)27(43)40-13-12-28(46(44,45)24-8-4-21(32)5-9-24)25-10-3-20(14-18(25)2-11-26(28)40)29(33,30(34,35)36)31(37,38)39/h3-5,8-10,14,19,22-23,26H,2,6-7,11-13,15-16H2,1H3/t19?,22-,23+,26-,28-/m0/s1. The zero-order valence-corrected chi connectivity index (χ0v) is 25.3. The summed E-state index contributed by atoms with van der Waals surface area (Å²) < 4.78 is 137. The highest BCUT2D eigenvalue weighted by Gasteiger charge is 2.74. The first kappa shape index (κ1) is 32.7. The van der Waals surface area contributed by atoms with Crippen molar-refractivity contribution in [2.75, 3.05) is 6.54 Å². The topological polar surface area (TPSA) is 74.8 Å². The maximum absolute atomic E-state index is 15.0. The minimum Gasteiger partial charge on any atom is -0.337 e. The molecule has 0 saturated carbocycles. The van der Waals surface area contributed by atoms with Crippen LogP contribution in [0.25, 0.3) is 0 Å². The molecule has 2 bridgehead atoms. The van der Waals surface area contributed by atoms with Crippen LogP contribution in [0.3, 0.4) is 0 Å². The third-order valence-electron chi connectivity index (χ3n) is 10.4. The Kier molecular flexibility index (Phi) is 7.57. The minimum absolute atomic E-state index is 0.0779. The minimum atomic E-state index is -6.36. The fraction of sp³-hybridized carbons (Fsp3) is 0.548. The Bertz CT molecular complexity index is 1650. The van der Waals surface area contributed by atoms with E-state index in [9.17, 15) is 48.7 Å². The van der Waals surface area contributed by atoms with E-state index in [-0.39, 0.29) is 65.7 Å². The van der Waals surface area contributed by atoms with Crippen molar-refractivity contribution in [1.82, 2.24) is 9.80 Å². The van der Waals surface area contributed by atoms with Gasteiger partial charge in [-0.1, -0.05) is 18.2 Å². The number of rotatable bonds is 4. The van der Waals surface area contributed by atoms with E-state index in [0.29, 0.717) is 25.0 Å². The van der Waals surface area contributed by atoms with E-state index in [4.69, 9.17) is 0 Å². The molecule has 4 aliphatic rings. The van der Waals surface area contributed by atoms with Gasteiger partial charge in [-0.3, -0.25) is 9.59 Å². The predicted molar refractivity (Wildman–Crippen MR) is 147 cm³/mol. The summed E-state index contributed by atoms with van der Waals surface area (Å²) in [6.45, 7) is 1.38. The van der Waals surface area contributed by atoms with Gasteiger partial charge in [0.1, 0.15) is 10.6 Å². The molecule has 1 aliphatic carbocycles. The number of aryl methyl sites for hydroxylation is 1. The number of amides is 2. The number of alkyl halides is 7. The Labute approximate surface area is 259 Å². The number of carbonyl (C=O) groups is 2. The number of hydrogen-bond donors (Lipinski definition) is 0. The third kappa shape index (κ3) is 4.57. The molecule has 3 heterocycles. The largest absolute Gasteiger partial charge is 0.435 e. The smallest absolute Gasteiger partial charge is 0.337 e. The Balaban J connectivity index is 1.45. The molecule has 6 nitrogen and oxygen atoms in total. The Morgan fingerprint density at radius 3 is 2.00 bits per heavy atom. The molecule has 1 unspecified atom stereocenters. The van der Waals surface area contributed by atoms with Crippen molar-refractivity contribution in [3.8, 4) is 0 Å². The first-order chi connectivity index (χ1) is 21.3. The van der Waals surface area contributed by atoms with Gasteiger partial charge in [0.2, 0.25) is 11.8 Å². The van der Waals surface area contributed by atoms with Gasteiger partial charge < -0.3 is 9.80 Å². The maximum Gasteiger partial charge on any atom is 0.435 e. The van der Waals surface area contributed by atoms with Crippen LogP contribution in [0.15, 0.2) is 47.4 Å². The number of piperidine rings is 1. The monoisotopic (exact) mass is 678 g/mol. The number of carbonyl (C=O) groups excluding carboxylic acids is 2. The second-order valence-electron chi connectivity index (χ2n) is 12.7. The van der Waals surface area contributed by atoms with Gasteiger partial charge in [0.05, 0.1) is 10.9 Å². The Morgan fingerprint density at radius 2 is 1.46 bits per heavy atom. The summed E-state index contributed by atoms with van der Waals surface area (Å²) >= 11 is 0. The fourth-order valence-corrected chi connectivity index (χ4v) is 10.8. The zero-order valence-electron chi connectivity index (χ0n) is 24.5. The lowest BCUT2D eigenvalue weighted by molar-refractivity contribution is -0.348. The summed E-state index contributed by atoms with van der Waals surface area (Å²) in [5.41, 5.74) is -7.76. The van der Waals surface area contributed by atoms with Gasteiger partial charge in [-0.25, -0.2) is 17.2 Å². The lowest BCUT2D eigenvalue weighted by Gasteiger charge is -2.44. The van der Waals surface area contributed by atoms with E-state index >= 15 is 4.39 Å². The molecular formula is C31H30F8N2O4S. The molecule has 0 N–H and O–H groups in total. The van der Waals surface area contributed by atoms with E-state index < -0.39 is 55.9 Å².